The smallest absolute Gasteiger partial charge is 0.262 e. The number of aromatic nitrogens is 3. The average molecular weight is 422 g/mol. The van der Waals surface area contributed by atoms with Crippen molar-refractivity contribution >= 4 is 21.3 Å². The molecule has 2 aromatic heterocycles. The lowest BCUT2D eigenvalue weighted by Crippen LogP contribution is -2.34. The molecule has 9 nitrogen and oxygen atoms in total. The normalized spacial score (nSPS) is 15.1. The van der Waals surface area contributed by atoms with Gasteiger partial charge in [-0.3, -0.25) is 0 Å². The lowest BCUT2D eigenvalue weighted by Gasteiger charge is -2.24. The van der Waals surface area contributed by atoms with Crippen LogP contribution in [-0.4, -0.2) is 55.4 Å². The molecule has 0 bridgehead atoms. The molecule has 3 heterocycles. The van der Waals surface area contributed by atoms with E-state index in [2.05, 4.69) is 25.6 Å². The van der Waals surface area contributed by atoms with Crippen LogP contribution in [0.5, 0.6) is 11.6 Å². The summed E-state index contributed by atoms with van der Waals surface area (Å²) in [5.41, 5.74) is 1.17. The van der Waals surface area contributed by atoms with Crippen molar-refractivity contribution in [3.05, 3.63) is 24.2 Å². The quantitative estimate of drug-likeness (QED) is 0.662. The summed E-state index contributed by atoms with van der Waals surface area (Å²) in [4.78, 5) is 12.8. The number of ether oxygens (including phenoxy) is 2. The van der Waals surface area contributed by atoms with Crippen LogP contribution in [0.25, 0.3) is 0 Å². The van der Waals surface area contributed by atoms with Gasteiger partial charge < -0.3 is 20.1 Å². The Morgan fingerprint density at radius 1 is 1.24 bits per heavy atom. The molecule has 1 saturated heterocycles. The highest BCUT2D eigenvalue weighted by Gasteiger charge is 2.21. The molecule has 0 aromatic carbocycles. The third-order valence-electron chi connectivity index (χ3n) is 4.48. The van der Waals surface area contributed by atoms with Gasteiger partial charge in [0.15, 0.2) is 20.7 Å². The number of sulfone groups is 1. The van der Waals surface area contributed by atoms with Crippen LogP contribution in [0.2, 0.25) is 0 Å². The van der Waals surface area contributed by atoms with Crippen molar-refractivity contribution in [2.75, 3.05) is 31.3 Å². The summed E-state index contributed by atoms with van der Waals surface area (Å²) in [6.07, 6.45) is 5.25. The third kappa shape index (κ3) is 5.54. The summed E-state index contributed by atoms with van der Waals surface area (Å²) in [6, 6.07) is 3.13. The Labute approximate surface area is 171 Å². The van der Waals surface area contributed by atoms with Gasteiger partial charge in [0.2, 0.25) is 5.75 Å². The van der Waals surface area contributed by atoms with Gasteiger partial charge in [-0.1, -0.05) is 6.92 Å². The molecule has 0 radical (unpaired) electrons. The number of pyridine rings is 1. The van der Waals surface area contributed by atoms with Gasteiger partial charge in [0, 0.05) is 6.26 Å². The van der Waals surface area contributed by atoms with Crippen LogP contribution < -0.4 is 20.1 Å². The summed E-state index contributed by atoms with van der Waals surface area (Å²) in [5.74, 6) is 1.30. The zero-order valence-corrected chi connectivity index (χ0v) is 17.8. The first-order chi connectivity index (χ1) is 13.9. The number of anilines is 2. The molecular formula is C19H27N5O4S. The van der Waals surface area contributed by atoms with E-state index >= 15 is 0 Å². The molecule has 3 rings (SSSR count). The lowest BCUT2D eigenvalue weighted by molar-refractivity contribution is 0.147. The minimum Gasteiger partial charge on any atom is -0.485 e. The van der Waals surface area contributed by atoms with E-state index in [9.17, 15) is 8.42 Å². The molecule has 29 heavy (non-hydrogen) atoms. The first-order valence-corrected chi connectivity index (χ1v) is 11.6. The highest BCUT2D eigenvalue weighted by atomic mass is 32.2. The molecule has 158 valence electrons. The minimum atomic E-state index is -3.37. The van der Waals surface area contributed by atoms with Crippen LogP contribution in [0, 0.1) is 6.92 Å². The third-order valence-corrected chi connectivity index (χ3v) is 5.47. The second-order valence-corrected chi connectivity index (χ2v) is 8.91. The number of hydrogen-bond acceptors (Lipinski definition) is 9. The van der Waals surface area contributed by atoms with Crippen LogP contribution >= 0.6 is 0 Å². The van der Waals surface area contributed by atoms with Crippen molar-refractivity contribution in [3.63, 3.8) is 0 Å². The molecule has 0 spiro atoms. The number of piperidine rings is 1. The average Bonchev–Trinajstić information content (AvgIpc) is 2.69. The predicted octanol–water partition coefficient (Wildman–Crippen LogP) is 2.25. The zero-order chi connectivity index (χ0) is 20.9. The standard InChI is InChI=1S/C19H27N5O4S/c1-4-11-27-17-18(21-12-22-19(17)28-14-7-9-20-10-8-14)24-15-5-6-16(23-13(15)2)29(3,25)26/h5-6,12,14,20H,4,7-11H2,1-3H3,(H,21,22,24). The number of aryl methyl sites for hydroxylation is 1. The van der Waals surface area contributed by atoms with E-state index in [-0.39, 0.29) is 11.1 Å². The van der Waals surface area contributed by atoms with E-state index < -0.39 is 9.84 Å². The summed E-state index contributed by atoms with van der Waals surface area (Å²) in [7, 11) is -3.37. The number of nitrogens with one attached hydrogen (secondary N) is 2. The SMILES string of the molecule is CCCOc1c(Nc2ccc(S(C)(=O)=O)nc2C)ncnc1OC1CCNCC1. The molecule has 2 aromatic rings. The largest absolute Gasteiger partial charge is 0.485 e. The Kier molecular flexibility index (Phi) is 6.86. The van der Waals surface area contributed by atoms with E-state index in [0.29, 0.717) is 35.4 Å². The molecule has 0 atom stereocenters. The maximum atomic E-state index is 11.7. The summed E-state index contributed by atoms with van der Waals surface area (Å²) in [5, 5.41) is 6.52. The second kappa shape index (κ2) is 9.36. The molecule has 0 amide bonds. The summed E-state index contributed by atoms with van der Waals surface area (Å²) >= 11 is 0. The lowest BCUT2D eigenvalue weighted by atomic mass is 10.1. The number of nitrogens with zero attached hydrogens (tertiary/aromatic N) is 3. The molecule has 1 fully saturated rings. The fraction of sp³-hybridized carbons (Fsp3) is 0.526. The van der Waals surface area contributed by atoms with Gasteiger partial charge in [-0.05, 0) is 51.4 Å². The molecular weight excluding hydrogens is 394 g/mol. The Morgan fingerprint density at radius 2 is 2.00 bits per heavy atom. The van der Waals surface area contributed by atoms with Crippen LogP contribution in [0.3, 0.4) is 0 Å². The van der Waals surface area contributed by atoms with E-state index in [1.807, 2.05) is 6.92 Å². The van der Waals surface area contributed by atoms with E-state index in [1.165, 1.54) is 12.4 Å². The fourth-order valence-electron chi connectivity index (χ4n) is 2.94. The molecule has 2 N–H and O–H groups in total. The topological polar surface area (TPSA) is 115 Å². The van der Waals surface area contributed by atoms with Crippen molar-refractivity contribution in [1.82, 2.24) is 20.3 Å². The van der Waals surface area contributed by atoms with Gasteiger partial charge >= 0.3 is 0 Å². The molecule has 0 saturated carbocycles. The Balaban J connectivity index is 1.88. The zero-order valence-electron chi connectivity index (χ0n) is 16.9. The van der Waals surface area contributed by atoms with Gasteiger partial charge in [-0.2, -0.15) is 4.98 Å². The molecule has 1 aliphatic rings. The van der Waals surface area contributed by atoms with Crippen LogP contribution in [-0.2, 0) is 9.84 Å². The molecule has 1 aliphatic heterocycles. The van der Waals surface area contributed by atoms with Crippen LogP contribution in [0.4, 0.5) is 11.5 Å². The maximum Gasteiger partial charge on any atom is 0.262 e. The Hall–Kier alpha value is -2.46. The van der Waals surface area contributed by atoms with Crippen molar-refractivity contribution in [1.29, 1.82) is 0 Å². The van der Waals surface area contributed by atoms with Crippen molar-refractivity contribution in [3.8, 4) is 11.6 Å². The minimum absolute atomic E-state index is 0.0284. The summed E-state index contributed by atoms with van der Waals surface area (Å²) in [6.45, 7) is 6.06. The van der Waals surface area contributed by atoms with Crippen LogP contribution in [0.15, 0.2) is 23.5 Å². The summed E-state index contributed by atoms with van der Waals surface area (Å²) < 4.78 is 35.4. The van der Waals surface area contributed by atoms with Crippen molar-refractivity contribution in [2.24, 2.45) is 0 Å². The second-order valence-electron chi connectivity index (χ2n) is 6.95. The van der Waals surface area contributed by atoms with E-state index in [1.54, 1.807) is 13.0 Å². The van der Waals surface area contributed by atoms with E-state index in [4.69, 9.17) is 9.47 Å². The monoisotopic (exact) mass is 421 g/mol. The maximum absolute atomic E-state index is 11.7. The van der Waals surface area contributed by atoms with Gasteiger partial charge in [0.1, 0.15) is 12.4 Å². The predicted molar refractivity (Wildman–Crippen MR) is 110 cm³/mol. The Morgan fingerprint density at radius 3 is 2.66 bits per heavy atom. The van der Waals surface area contributed by atoms with Gasteiger partial charge in [-0.15, -0.1) is 0 Å². The van der Waals surface area contributed by atoms with Crippen molar-refractivity contribution < 1.29 is 17.9 Å². The van der Waals surface area contributed by atoms with E-state index in [0.717, 1.165) is 38.6 Å². The Bertz CT molecular complexity index is 946. The number of hydrogen-bond donors (Lipinski definition) is 2. The van der Waals surface area contributed by atoms with Gasteiger partial charge in [0.25, 0.3) is 5.88 Å². The van der Waals surface area contributed by atoms with Gasteiger partial charge in [-0.25, -0.2) is 18.4 Å². The highest BCUT2D eigenvalue weighted by Crippen LogP contribution is 2.35. The first kappa shape index (κ1) is 21.3. The number of rotatable bonds is 8. The fourth-order valence-corrected chi connectivity index (χ4v) is 3.56. The van der Waals surface area contributed by atoms with Crippen LogP contribution in [0.1, 0.15) is 31.9 Å². The molecule has 0 aliphatic carbocycles. The first-order valence-electron chi connectivity index (χ1n) is 9.68. The van der Waals surface area contributed by atoms with Gasteiger partial charge in [0.05, 0.1) is 18.0 Å². The highest BCUT2D eigenvalue weighted by molar-refractivity contribution is 7.90. The van der Waals surface area contributed by atoms with Crippen molar-refractivity contribution in [2.45, 2.75) is 44.2 Å². The molecule has 10 heteroatoms. The molecule has 0 unspecified atom stereocenters.